The van der Waals surface area contributed by atoms with Crippen LogP contribution in [0.3, 0.4) is 0 Å². The van der Waals surface area contributed by atoms with Crippen LogP contribution < -0.4 is 5.32 Å². The van der Waals surface area contributed by atoms with Gasteiger partial charge in [-0.2, -0.15) is 4.98 Å². The van der Waals surface area contributed by atoms with Gasteiger partial charge in [-0.05, 0) is 19.8 Å². The van der Waals surface area contributed by atoms with Gasteiger partial charge in [0.05, 0.1) is 5.92 Å². The molecular weight excluding hydrogens is 300 g/mol. The number of nitrogens with zero attached hydrogens (tertiary/aromatic N) is 3. The molecule has 1 saturated heterocycles. The summed E-state index contributed by atoms with van der Waals surface area (Å²) in [6.07, 6.45) is 1.29. The summed E-state index contributed by atoms with van der Waals surface area (Å²) in [5.74, 6) is -0.435. The van der Waals surface area contributed by atoms with Gasteiger partial charge in [0.2, 0.25) is 5.89 Å². The third kappa shape index (κ3) is 4.20. The van der Waals surface area contributed by atoms with Crippen LogP contribution in [-0.4, -0.2) is 45.2 Å². The average Bonchev–Trinajstić information content (AvgIpc) is 2.97. The lowest BCUT2D eigenvalue weighted by molar-refractivity contribution is -0.143. The summed E-state index contributed by atoms with van der Waals surface area (Å²) in [5, 5.41) is 15.8. The molecule has 2 heterocycles. The van der Waals surface area contributed by atoms with Crippen LogP contribution >= 0.6 is 0 Å². The van der Waals surface area contributed by atoms with E-state index in [0.29, 0.717) is 31.1 Å². The molecule has 0 bridgehead atoms. The number of amides is 2. The highest BCUT2D eigenvalue weighted by molar-refractivity contribution is 5.76. The fourth-order valence-electron chi connectivity index (χ4n) is 2.42. The van der Waals surface area contributed by atoms with Crippen LogP contribution in [0.25, 0.3) is 0 Å². The van der Waals surface area contributed by atoms with Crippen LogP contribution in [0.15, 0.2) is 4.52 Å². The number of carbonyl (C=O) groups excluding carboxylic acids is 1. The maximum Gasteiger partial charge on any atom is 0.318 e. The van der Waals surface area contributed by atoms with Crippen molar-refractivity contribution in [3.8, 4) is 0 Å². The molecule has 128 valence electrons. The fourth-order valence-corrected chi connectivity index (χ4v) is 2.42. The zero-order valence-electron chi connectivity index (χ0n) is 14.0. The Bertz CT molecular complexity index is 578. The van der Waals surface area contributed by atoms with Gasteiger partial charge in [0.1, 0.15) is 6.04 Å². The summed E-state index contributed by atoms with van der Waals surface area (Å²) in [6, 6.07) is -0.740. The first-order valence-corrected chi connectivity index (χ1v) is 7.81. The van der Waals surface area contributed by atoms with Crippen LogP contribution in [0.5, 0.6) is 0 Å². The number of aromatic nitrogens is 2. The largest absolute Gasteiger partial charge is 0.481 e. The summed E-state index contributed by atoms with van der Waals surface area (Å²) in [4.78, 5) is 29.2. The number of nitrogens with one attached hydrogen (secondary N) is 1. The van der Waals surface area contributed by atoms with Gasteiger partial charge in [0.25, 0.3) is 0 Å². The standard InChI is InChI=1S/C15H24N4O4/c1-9(11-17-13(18-23-11)15(2,3)4)16-14(22)19-7-5-6-10(8-19)12(20)21/h9-10H,5-8H2,1-4H3,(H,16,22)(H,20,21). The van der Waals surface area contributed by atoms with Crippen molar-refractivity contribution in [2.45, 2.75) is 52.0 Å². The van der Waals surface area contributed by atoms with E-state index in [2.05, 4.69) is 15.5 Å². The zero-order chi connectivity index (χ0) is 17.2. The molecular formula is C15H24N4O4. The Morgan fingerprint density at radius 3 is 2.70 bits per heavy atom. The van der Waals surface area contributed by atoms with Gasteiger partial charge in [-0.1, -0.05) is 25.9 Å². The molecule has 0 aliphatic carbocycles. The van der Waals surface area contributed by atoms with E-state index < -0.39 is 17.9 Å². The molecule has 2 rings (SSSR count). The Hall–Kier alpha value is -2.12. The predicted molar refractivity (Wildman–Crippen MR) is 81.9 cm³/mol. The molecule has 2 amide bonds. The molecule has 0 saturated carbocycles. The lowest BCUT2D eigenvalue weighted by Gasteiger charge is -2.31. The van der Waals surface area contributed by atoms with E-state index in [1.165, 1.54) is 4.90 Å². The Morgan fingerprint density at radius 2 is 2.13 bits per heavy atom. The number of carbonyl (C=O) groups is 2. The number of hydrogen-bond acceptors (Lipinski definition) is 5. The lowest BCUT2D eigenvalue weighted by atomic mass is 9.96. The number of aliphatic carboxylic acids is 1. The second-order valence-corrected chi connectivity index (χ2v) is 7.00. The highest BCUT2D eigenvalue weighted by Crippen LogP contribution is 2.21. The third-order valence-corrected chi connectivity index (χ3v) is 3.88. The van der Waals surface area contributed by atoms with Crippen molar-refractivity contribution >= 4 is 12.0 Å². The molecule has 2 atom stereocenters. The highest BCUT2D eigenvalue weighted by Gasteiger charge is 2.30. The minimum Gasteiger partial charge on any atom is -0.481 e. The minimum atomic E-state index is -0.859. The maximum absolute atomic E-state index is 12.3. The molecule has 1 fully saturated rings. The van der Waals surface area contributed by atoms with E-state index in [0.717, 1.165) is 0 Å². The number of carboxylic acids is 1. The van der Waals surface area contributed by atoms with E-state index in [1.807, 2.05) is 20.8 Å². The second kappa shape index (κ2) is 6.55. The van der Waals surface area contributed by atoms with Crippen molar-refractivity contribution in [1.29, 1.82) is 0 Å². The summed E-state index contributed by atoms with van der Waals surface area (Å²) >= 11 is 0. The van der Waals surface area contributed by atoms with Gasteiger partial charge >= 0.3 is 12.0 Å². The first-order chi connectivity index (χ1) is 10.7. The first kappa shape index (κ1) is 17.2. The molecule has 0 spiro atoms. The van der Waals surface area contributed by atoms with E-state index in [4.69, 9.17) is 9.63 Å². The molecule has 0 radical (unpaired) electrons. The number of rotatable bonds is 3. The normalized spacial score (nSPS) is 20.2. The summed E-state index contributed by atoms with van der Waals surface area (Å²) in [6.45, 7) is 8.47. The number of carboxylic acid groups (broad SMARTS) is 1. The topological polar surface area (TPSA) is 109 Å². The zero-order valence-corrected chi connectivity index (χ0v) is 14.0. The van der Waals surface area contributed by atoms with Crippen LogP contribution in [0.2, 0.25) is 0 Å². The number of piperidine rings is 1. The van der Waals surface area contributed by atoms with E-state index in [1.54, 1.807) is 6.92 Å². The van der Waals surface area contributed by atoms with Crippen molar-refractivity contribution < 1.29 is 19.2 Å². The van der Waals surface area contributed by atoms with Crippen molar-refractivity contribution in [2.24, 2.45) is 5.92 Å². The van der Waals surface area contributed by atoms with Gasteiger partial charge in [-0.3, -0.25) is 4.79 Å². The van der Waals surface area contributed by atoms with Gasteiger partial charge in [0.15, 0.2) is 5.82 Å². The van der Waals surface area contributed by atoms with Crippen LogP contribution in [0, 0.1) is 5.92 Å². The molecule has 1 aromatic rings. The fraction of sp³-hybridized carbons (Fsp3) is 0.733. The van der Waals surface area contributed by atoms with Gasteiger partial charge in [-0.15, -0.1) is 0 Å². The molecule has 2 N–H and O–H groups in total. The third-order valence-electron chi connectivity index (χ3n) is 3.88. The van der Waals surface area contributed by atoms with Crippen molar-refractivity contribution in [2.75, 3.05) is 13.1 Å². The monoisotopic (exact) mass is 324 g/mol. The Labute approximate surface area is 135 Å². The number of likely N-dealkylation sites (tertiary alicyclic amines) is 1. The van der Waals surface area contributed by atoms with Crippen molar-refractivity contribution in [1.82, 2.24) is 20.4 Å². The van der Waals surface area contributed by atoms with Crippen molar-refractivity contribution in [3.63, 3.8) is 0 Å². The Kier molecular flexibility index (Phi) is 4.91. The van der Waals surface area contributed by atoms with Crippen LogP contribution in [-0.2, 0) is 10.2 Å². The number of urea groups is 1. The van der Waals surface area contributed by atoms with E-state index in [9.17, 15) is 9.59 Å². The second-order valence-electron chi connectivity index (χ2n) is 7.00. The van der Waals surface area contributed by atoms with E-state index in [-0.39, 0.29) is 18.0 Å². The van der Waals surface area contributed by atoms with Gasteiger partial charge in [0, 0.05) is 18.5 Å². The Morgan fingerprint density at radius 1 is 1.43 bits per heavy atom. The molecule has 0 aromatic carbocycles. The highest BCUT2D eigenvalue weighted by atomic mass is 16.5. The smallest absolute Gasteiger partial charge is 0.318 e. The lowest BCUT2D eigenvalue weighted by Crippen LogP contribution is -2.47. The quantitative estimate of drug-likeness (QED) is 0.879. The summed E-state index contributed by atoms with van der Waals surface area (Å²) in [5.41, 5.74) is -0.229. The van der Waals surface area contributed by atoms with Gasteiger partial charge in [-0.25, -0.2) is 4.79 Å². The molecule has 1 aromatic heterocycles. The minimum absolute atomic E-state index is 0.227. The molecule has 23 heavy (non-hydrogen) atoms. The van der Waals surface area contributed by atoms with Gasteiger partial charge < -0.3 is 19.8 Å². The first-order valence-electron chi connectivity index (χ1n) is 7.81. The average molecular weight is 324 g/mol. The molecule has 8 nitrogen and oxygen atoms in total. The molecule has 8 heteroatoms. The van der Waals surface area contributed by atoms with E-state index >= 15 is 0 Å². The molecule has 1 aliphatic rings. The SMILES string of the molecule is CC(NC(=O)N1CCCC(C(=O)O)C1)c1nc(C(C)(C)C)no1. The predicted octanol–water partition coefficient (Wildman–Crippen LogP) is 1.93. The molecule has 2 unspecified atom stereocenters. The number of hydrogen-bond donors (Lipinski definition) is 2. The van der Waals surface area contributed by atoms with Crippen molar-refractivity contribution in [3.05, 3.63) is 11.7 Å². The summed E-state index contributed by atoms with van der Waals surface area (Å²) < 4.78 is 5.21. The van der Waals surface area contributed by atoms with Crippen LogP contribution in [0.1, 0.15) is 58.3 Å². The molecule has 1 aliphatic heterocycles. The maximum atomic E-state index is 12.3. The Balaban J connectivity index is 1.96. The van der Waals surface area contributed by atoms with Crippen LogP contribution in [0.4, 0.5) is 4.79 Å². The summed E-state index contributed by atoms with van der Waals surface area (Å²) in [7, 11) is 0.